The summed E-state index contributed by atoms with van der Waals surface area (Å²) in [5.74, 6) is 0.0750. The minimum Gasteiger partial charge on any atom is -0.342 e. The first-order valence-corrected chi connectivity index (χ1v) is 12.2. The number of aryl methyl sites for hydroxylation is 1. The second-order valence-corrected chi connectivity index (χ2v) is 9.23. The topological polar surface area (TPSA) is 132 Å². The van der Waals surface area contributed by atoms with Crippen LogP contribution in [0.2, 0.25) is 0 Å². The van der Waals surface area contributed by atoms with Crippen LogP contribution in [0, 0.1) is 23.0 Å². The SMILES string of the molecule is CCn1c(SCC(=O)Nc2ccc(C)cc2)nnc1[C@@H](NC(=O)c1cccc([N+](=O)[O-])c1)C(C)C. The number of non-ortho nitro benzene ring substituents is 1. The summed E-state index contributed by atoms with van der Waals surface area (Å²) in [7, 11) is 0. The van der Waals surface area contributed by atoms with Crippen LogP contribution in [0.5, 0.6) is 0 Å². The maximum atomic E-state index is 12.9. The lowest BCUT2D eigenvalue weighted by molar-refractivity contribution is -0.384. The van der Waals surface area contributed by atoms with E-state index in [4.69, 9.17) is 0 Å². The molecule has 10 nitrogen and oxygen atoms in total. The number of aromatic nitrogens is 3. The van der Waals surface area contributed by atoms with Gasteiger partial charge in [-0.1, -0.05) is 49.4 Å². The second kappa shape index (κ2) is 11.6. The number of nitro groups is 1. The van der Waals surface area contributed by atoms with Crippen molar-refractivity contribution in [3.8, 4) is 0 Å². The zero-order valence-corrected chi connectivity index (χ0v) is 20.8. The minimum absolute atomic E-state index is 0.0326. The molecule has 1 heterocycles. The maximum Gasteiger partial charge on any atom is 0.270 e. The van der Waals surface area contributed by atoms with Crippen molar-refractivity contribution in [3.05, 3.63) is 75.6 Å². The molecule has 0 aliphatic carbocycles. The van der Waals surface area contributed by atoms with Crippen LogP contribution in [-0.4, -0.2) is 37.3 Å². The van der Waals surface area contributed by atoms with Gasteiger partial charge in [0.1, 0.15) is 0 Å². The molecule has 0 spiro atoms. The van der Waals surface area contributed by atoms with Crippen LogP contribution in [0.3, 0.4) is 0 Å². The van der Waals surface area contributed by atoms with E-state index in [1.165, 1.54) is 36.0 Å². The fraction of sp³-hybridized carbons (Fsp3) is 0.333. The molecule has 2 aromatic carbocycles. The van der Waals surface area contributed by atoms with E-state index in [1.54, 1.807) is 0 Å². The first-order chi connectivity index (χ1) is 16.7. The van der Waals surface area contributed by atoms with Crippen LogP contribution >= 0.6 is 11.8 Å². The largest absolute Gasteiger partial charge is 0.342 e. The quantitative estimate of drug-likeness (QED) is 0.242. The number of nitrogens with one attached hydrogen (secondary N) is 2. The minimum atomic E-state index is -0.539. The van der Waals surface area contributed by atoms with E-state index in [0.717, 1.165) is 11.3 Å². The molecule has 0 saturated carbocycles. The van der Waals surface area contributed by atoms with Crippen molar-refractivity contribution in [1.82, 2.24) is 20.1 Å². The highest BCUT2D eigenvalue weighted by Crippen LogP contribution is 2.26. The first-order valence-electron chi connectivity index (χ1n) is 11.2. The van der Waals surface area contributed by atoms with Gasteiger partial charge in [0.05, 0.1) is 16.7 Å². The Kier molecular flexibility index (Phi) is 8.58. The molecule has 0 unspecified atom stereocenters. The molecule has 0 radical (unpaired) electrons. The molecule has 0 fully saturated rings. The van der Waals surface area contributed by atoms with E-state index >= 15 is 0 Å². The fourth-order valence-corrected chi connectivity index (χ4v) is 4.22. The van der Waals surface area contributed by atoms with Gasteiger partial charge in [-0.3, -0.25) is 19.7 Å². The molecule has 1 atom stereocenters. The van der Waals surface area contributed by atoms with Gasteiger partial charge in [0.15, 0.2) is 11.0 Å². The lowest BCUT2D eigenvalue weighted by Crippen LogP contribution is -2.33. The average Bonchev–Trinajstić information content (AvgIpc) is 3.24. The predicted molar refractivity (Wildman–Crippen MR) is 134 cm³/mol. The van der Waals surface area contributed by atoms with Gasteiger partial charge in [-0.2, -0.15) is 0 Å². The molecule has 184 valence electrons. The van der Waals surface area contributed by atoms with Crippen LogP contribution in [0.15, 0.2) is 53.7 Å². The molecule has 35 heavy (non-hydrogen) atoms. The van der Waals surface area contributed by atoms with Gasteiger partial charge >= 0.3 is 0 Å². The monoisotopic (exact) mass is 496 g/mol. The molecule has 3 aromatic rings. The molecule has 3 rings (SSSR count). The van der Waals surface area contributed by atoms with Crippen LogP contribution in [0.1, 0.15) is 48.6 Å². The molecule has 0 aliphatic rings. The zero-order chi connectivity index (χ0) is 25.5. The van der Waals surface area contributed by atoms with Crippen LogP contribution in [0.4, 0.5) is 11.4 Å². The number of thioether (sulfide) groups is 1. The van der Waals surface area contributed by atoms with Crippen molar-refractivity contribution < 1.29 is 14.5 Å². The molecule has 0 aliphatic heterocycles. The van der Waals surface area contributed by atoms with E-state index in [2.05, 4.69) is 20.8 Å². The summed E-state index contributed by atoms with van der Waals surface area (Å²) in [6.07, 6.45) is 0. The van der Waals surface area contributed by atoms with E-state index in [-0.39, 0.29) is 28.8 Å². The number of carbonyl (C=O) groups is 2. The lowest BCUT2D eigenvalue weighted by atomic mass is 10.0. The van der Waals surface area contributed by atoms with Gasteiger partial charge in [0, 0.05) is 29.9 Å². The molecule has 0 bridgehead atoms. The van der Waals surface area contributed by atoms with Gasteiger partial charge in [-0.15, -0.1) is 10.2 Å². The van der Waals surface area contributed by atoms with Gasteiger partial charge in [0.25, 0.3) is 11.6 Å². The number of benzene rings is 2. The van der Waals surface area contributed by atoms with Crippen molar-refractivity contribution >= 4 is 35.0 Å². The zero-order valence-electron chi connectivity index (χ0n) is 20.0. The summed E-state index contributed by atoms with van der Waals surface area (Å²) in [6.45, 7) is 8.33. The standard InChI is InChI=1S/C24H28N6O4S/c1-5-29-22(21(15(2)3)26-23(32)17-7-6-8-19(13-17)30(33)34)27-28-24(29)35-14-20(31)25-18-11-9-16(4)10-12-18/h6-13,15,21H,5,14H2,1-4H3,(H,25,31)(H,26,32)/t21-/m0/s1. The Morgan fingerprint density at radius 1 is 1.14 bits per heavy atom. The lowest BCUT2D eigenvalue weighted by Gasteiger charge is -2.22. The van der Waals surface area contributed by atoms with Crippen LogP contribution in [-0.2, 0) is 11.3 Å². The van der Waals surface area contributed by atoms with Gasteiger partial charge in [-0.25, -0.2) is 0 Å². The van der Waals surface area contributed by atoms with E-state index in [9.17, 15) is 19.7 Å². The van der Waals surface area contributed by atoms with E-state index in [0.29, 0.717) is 17.5 Å². The van der Waals surface area contributed by atoms with Gasteiger partial charge < -0.3 is 15.2 Å². The summed E-state index contributed by atoms with van der Waals surface area (Å²) in [6, 6.07) is 12.6. The Bertz CT molecular complexity index is 1210. The van der Waals surface area contributed by atoms with Crippen molar-refractivity contribution in [2.24, 2.45) is 5.92 Å². The Morgan fingerprint density at radius 3 is 2.49 bits per heavy atom. The van der Waals surface area contributed by atoms with Crippen molar-refractivity contribution in [3.63, 3.8) is 0 Å². The number of anilines is 1. The number of rotatable bonds is 10. The van der Waals surface area contributed by atoms with Crippen molar-refractivity contribution in [1.29, 1.82) is 0 Å². The highest BCUT2D eigenvalue weighted by molar-refractivity contribution is 7.99. The third kappa shape index (κ3) is 6.66. The summed E-state index contributed by atoms with van der Waals surface area (Å²) in [5, 5.41) is 26.0. The van der Waals surface area contributed by atoms with Gasteiger partial charge in [0.2, 0.25) is 5.91 Å². The maximum absolute atomic E-state index is 12.9. The van der Waals surface area contributed by atoms with E-state index < -0.39 is 16.9 Å². The number of carbonyl (C=O) groups excluding carboxylic acids is 2. The Balaban J connectivity index is 1.72. The normalized spacial score (nSPS) is 11.8. The molecule has 0 saturated heterocycles. The molecule has 2 N–H and O–H groups in total. The second-order valence-electron chi connectivity index (χ2n) is 8.29. The smallest absolute Gasteiger partial charge is 0.270 e. The highest BCUT2D eigenvalue weighted by atomic mass is 32.2. The number of hydrogen-bond acceptors (Lipinski definition) is 7. The number of amides is 2. The van der Waals surface area contributed by atoms with Crippen LogP contribution < -0.4 is 10.6 Å². The molecular formula is C24H28N6O4S. The summed E-state index contributed by atoms with van der Waals surface area (Å²) < 4.78 is 1.86. The van der Waals surface area contributed by atoms with Gasteiger partial charge in [-0.05, 0) is 38.0 Å². The molecular weight excluding hydrogens is 468 g/mol. The summed E-state index contributed by atoms with van der Waals surface area (Å²) in [5.41, 5.74) is 1.87. The Hall–Kier alpha value is -3.73. The van der Waals surface area contributed by atoms with Crippen molar-refractivity contribution in [2.75, 3.05) is 11.1 Å². The van der Waals surface area contributed by atoms with Crippen molar-refractivity contribution in [2.45, 2.75) is 45.4 Å². The molecule has 1 aromatic heterocycles. The Labute approximate surface area is 207 Å². The number of hydrogen-bond donors (Lipinski definition) is 2. The van der Waals surface area contributed by atoms with Crippen LogP contribution in [0.25, 0.3) is 0 Å². The summed E-state index contributed by atoms with van der Waals surface area (Å²) >= 11 is 1.26. The highest BCUT2D eigenvalue weighted by Gasteiger charge is 2.26. The molecule has 11 heteroatoms. The number of nitrogens with zero attached hydrogens (tertiary/aromatic N) is 4. The fourth-order valence-electron chi connectivity index (χ4n) is 3.41. The average molecular weight is 497 g/mol. The predicted octanol–water partition coefficient (Wildman–Crippen LogP) is 4.37. The third-order valence-electron chi connectivity index (χ3n) is 5.28. The molecule has 2 amide bonds. The Morgan fingerprint density at radius 2 is 1.86 bits per heavy atom. The summed E-state index contributed by atoms with van der Waals surface area (Å²) in [4.78, 5) is 35.8. The third-order valence-corrected chi connectivity index (χ3v) is 6.25. The first kappa shape index (κ1) is 25.9. The number of nitro benzene ring substituents is 1. The van der Waals surface area contributed by atoms with E-state index in [1.807, 2.05) is 56.5 Å².